The molecular formula is C18H23N5O3. The fourth-order valence-electron chi connectivity index (χ4n) is 4.30. The van der Waals surface area contributed by atoms with Crippen molar-refractivity contribution in [1.82, 2.24) is 24.3 Å². The molecule has 2 aromatic rings. The Bertz CT molecular complexity index is 996. The van der Waals surface area contributed by atoms with E-state index in [9.17, 15) is 14.4 Å². The Labute approximate surface area is 150 Å². The minimum atomic E-state index is -0.437. The number of nitrogens with zero attached hydrogens (tertiary/aromatic N) is 4. The predicted molar refractivity (Wildman–Crippen MR) is 97.3 cm³/mol. The average molecular weight is 357 g/mol. The van der Waals surface area contributed by atoms with Crippen LogP contribution in [-0.4, -0.2) is 50.1 Å². The van der Waals surface area contributed by atoms with Crippen LogP contribution in [0.1, 0.15) is 36.0 Å². The first-order chi connectivity index (χ1) is 12.4. The first-order valence-electron chi connectivity index (χ1n) is 8.95. The molecule has 2 atom stereocenters. The lowest BCUT2D eigenvalue weighted by molar-refractivity contribution is 0.0681. The molecule has 2 fully saturated rings. The van der Waals surface area contributed by atoms with E-state index in [0.29, 0.717) is 17.6 Å². The Morgan fingerprint density at radius 1 is 1.19 bits per heavy atom. The Balaban J connectivity index is 1.69. The third-order valence-corrected chi connectivity index (χ3v) is 5.86. The topological polar surface area (TPSA) is 89.2 Å². The summed E-state index contributed by atoms with van der Waals surface area (Å²) in [4.78, 5) is 43.4. The van der Waals surface area contributed by atoms with Gasteiger partial charge in [0.1, 0.15) is 5.65 Å². The standard InChI is InChI=1S/C18H23N5O3/c1-21(13-7-11-4-5-12(8-13)20-11)16(24)10-6-14-15(19-9-10)22(2)18(26)23(3)17(14)25/h6,9,11-13,20H,4-5,7-8H2,1-3H3. The Morgan fingerprint density at radius 2 is 1.85 bits per heavy atom. The zero-order valence-electron chi connectivity index (χ0n) is 15.2. The van der Waals surface area contributed by atoms with E-state index < -0.39 is 11.2 Å². The number of carbonyl (C=O) groups excluding carboxylic acids is 1. The summed E-state index contributed by atoms with van der Waals surface area (Å²) in [6.45, 7) is 0. The van der Waals surface area contributed by atoms with E-state index in [1.165, 1.54) is 30.7 Å². The molecule has 0 spiro atoms. The number of amides is 1. The molecule has 0 aromatic carbocycles. The average Bonchev–Trinajstić information content (AvgIpc) is 3.00. The molecule has 8 heteroatoms. The molecule has 1 amide bonds. The highest BCUT2D eigenvalue weighted by Gasteiger charge is 2.36. The molecule has 2 unspecified atom stereocenters. The molecule has 4 rings (SSSR count). The molecule has 2 saturated heterocycles. The van der Waals surface area contributed by atoms with E-state index in [4.69, 9.17) is 0 Å². The normalized spacial score (nSPS) is 24.8. The van der Waals surface area contributed by atoms with Gasteiger partial charge in [-0.15, -0.1) is 0 Å². The van der Waals surface area contributed by atoms with Crippen LogP contribution in [-0.2, 0) is 14.1 Å². The Morgan fingerprint density at radius 3 is 2.50 bits per heavy atom. The van der Waals surface area contributed by atoms with Gasteiger partial charge in [0, 0.05) is 45.5 Å². The van der Waals surface area contributed by atoms with Gasteiger partial charge in [-0.1, -0.05) is 0 Å². The summed E-state index contributed by atoms with van der Waals surface area (Å²) < 4.78 is 2.35. The maximum absolute atomic E-state index is 13.0. The molecule has 2 aliphatic rings. The summed E-state index contributed by atoms with van der Waals surface area (Å²) in [7, 11) is 4.81. The number of aryl methyl sites for hydroxylation is 1. The van der Waals surface area contributed by atoms with Crippen LogP contribution in [0.25, 0.3) is 11.0 Å². The van der Waals surface area contributed by atoms with Gasteiger partial charge in [0.25, 0.3) is 11.5 Å². The van der Waals surface area contributed by atoms with Crippen molar-refractivity contribution in [3.05, 3.63) is 38.7 Å². The van der Waals surface area contributed by atoms with Gasteiger partial charge < -0.3 is 10.2 Å². The second-order valence-electron chi connectivity index (χ2n) is 7.48. The van der Waals surface area contributed by atoms with Gasteiger partial charge in [0.2, 0.25) is 0 Å². The predicted octanol–water partition coefficient (Wildman–Crippen LogP) is -0.0128. The molecule has 4 heterocycles. The van der Waals surface area contributed by atoms with Gasteiger partial charge in [-0.25, -0.2) is 9.78 Å². The first-order valence-corrected chi connectivity index (χ1v) is 8.95. The van der Waals surface area contributed by atoms with Crippen molar-refractivity contribution in [2.45, 2.75) is 43.8 Å². The maximum atomic E-state index is 13.0. The van der Waals surface area contributed by atoms with Crippen molar-refractivity contribution in [3.8, 4) is 0 Å². The monoisotopic (exact) mass is 357 g/mol. The van der Waals surface area contributed by atoms with Crippen LogP contribution < -0.4 is 16.6 Å². The second kappa shape index (κ2) is 6.05. The number of pyridine rings is 1. The SMILES string of the molecule is CN(C(=O)c1cnc2c(c1)c(=O)n(C)c(=O)n2C)C1CC2CCC(C1)N2. The van der Waals surface area contributed by atoms with Gasteiger partial charge in [-0.05, 0) is 31.7 Å². The third kappa shape index (κ3) is 2.56. The van der Waals surface area contributed by atoms with E-state index in [1.807, 2.05) is 7.05 Å². The lowest BCUT2D eigenvalue weighted by atomic mass is 9.98. The number of carbonyl (C=O) groups is 1. The van der Waals surface area contributed by atoms with Crippen LogP contribution in [0.5, 0.6) is 0 Å². The molecule has 2 bridgehead atoms. The largest absolute Gasteiger partial charge is 0.339 e. The third-order valence-electron chi connectivity index (χ3n) is 5.86. The van der Waals surface area contributed by atoms with Crippen LogP contribution in [0.2, 0.25) is 0 Å². The zero-order valence-corrected chi connectivity index (χ0v) is 15.2. The summed E-state index contributed by atoms with van der Waals surface area (Å²) >= 11 is 0. The molecule has 2 aromatic heterocycles. The van der Waals surface area contributed by atoms with Crippen molar-refractivity contribution in [2.24, 2.45) is 14.1 Å². The number of hydrogen-bond acceptors (Lipinski definition) is 5. The van der Waals surface area contributed by atoms with Crippen molar-refractivity contribution >= 4 is 16.9 Å². The van der Waals surface area contributed by atoms with Crippen molar-refractivity contribution in [1.29, 1.82) is 0 Å². The summed E-state index contributed by atoms with van der Waals surface area (Å²) in [5.41, 5.74) is -0.206. The highest BCUT2D eigenvalue weighted by Crippen LogP contribution is 2.29. The number of piperidine rings is 1. The minimum Gasteiger partial charge on any atom is -0.339 e. The van der Waals surface area contributed by atoms with Crippen LogP contribution >= 0.6 is 0 Å². The highest BCUT2D eigenvalue weighted by atomic mass is 16.2. The van der Waals surface area contributed by atoms with Crippen LogP contribution in [0.15, 0.2) is 21.9 Å². The lowest BCUT2D eigenvalue weighted by Crippen LogP contribution is -2.48. The molecule has 0 saturated carbocycles. The number of rotatable bonds is 2. The van der Waals surface area contributed by atoms with Crippen molar-refractivity contribution < 1.29 is 4.79 Å². The molecular weight excluding hydrogens is 334 g/mol. The number of aromatic nitrogens is 3. The number of nitrogens with one attached hydrogen (secondary N) is 1. The zero-order chi connectivity index (χ0) is 18.6. The van der Waals surface area contributed by atoms with E-state index in [0.717, 1.165) is 17.4 Å². The summed E-state index contributed by atoms with van der Waals surface area (Å²) in [6.07, 6.45) is 5.71. The summed E-state index contributed by atoms with van der Waals surface area (Å²) in [6, 6.07) is 2.73. The Kier molecular flexibility index (Phi) is 3.95. The minimum absolute atomic E-state index is 0.137. The maximum Gasteiger partial charge on any atom is 0.332 e. The van der Waals surface area contributed by atoms with E-state index in [1.54, 1.807) is 18.0 Å². The summed E-state index contributed by atoms with van der Waals surface area (Å²) in [5.74, 6) is -0.137. The first kappa shape index (κ1) is 17.0. The molecule has 0 aliphatic carbocycles. The van der Waals surface area contributed by atoms with Crippen LogP contribution in [0.4, 0.5) is 0 Å². The molecule has 26 heavy (non-hydrogen) atoms. The second-order valence-corrected chi connectivity index (χ2v) is 7.48. The van der Waals surface area contributed by atoms with Gasteiger partial charge in [0.15, 0.2) is 0 Å². The fourth-order valence-corrected chi connectivity index (χ4v) is 4.30. The fraction of sp³-hybridized carbons (Fsp3) is 0.556. The molecule has 138 valence electrons. The summed E-state index contributed by atoms with van der Waals surface area (Å²) in [5, 5.41) is 3.85. The van der Waals surface area contributed by atoms with E-state index in [-0.39, 0.29) is 23.0 Å². The lowest BCUT2D eigenvalue weighted by Gasteiger charge is -2.35. The van der Waals surface area contributed by atoms with Gasteiger partial charge >= 0.3 is 5.69 Å². The van der Waals surface area contributed by atoms with Crippen LogP contribution in [0.3, 0.4) is 0 Å². The molecule has 8 nitrogen and oxygen atoms in total. The molecule has 0 radical (unpaired) electrons. The van der Waals surface area contributed by atoms with E-state index in [2.05, 4.69) is 10.3 Å². The number of fused-ring (bicyclic) bond motifs is 3. The highest BCUT2D eigenvalue weighted by molar-refractivity contribution is 5.96. The van der Waals surface area contributed by atoms with E-state index >= 15 is 0 Å². The van der Waals surface area contributed by atoms with Gasteiger partial charge in [0.05, 0.1) is 10.9 Å². The van der Waals surface area contributed by atoms with Crippen LogP contribution in [0, 0.1) is 0 Å². The quantitative estimate of drug-likeness (QED) is 0.816. The Hall–Kier alpha value is -2.48. The number of hydrogen-bond donors (Lipinski definition) is 1. The van der Waals surface area contributed by atoms with Crippen molar-refractivity contribution in [2.75, 3.05) is 7.05 Å². The van der Waals surface area contributed by atoms with Crippen molar-refractivity contribution in [3.63, 3.8) is 0 Å². The van der Waals surface area contributed by atoms with Gasteiger partial charge in [-0.2, -0.15) is 0 Å². The smallest absolute Gasteiger partial charge is 0.332 e. The van der Waals surface area contributed by atoms with Gasteiger partial charge in [-0.3, -0.25) is 18.7 Å². The molecule has 2 aliphatic heterocycles. The molecule has 1 N–H and O–H groups in total.